The van der Waals surface area contributed by atoms with Crippen molar-refractivity contribution in [2.75, 3.05) is 5.32 Å². The van der Waals surface area contributed by atoms with Crippen LogP contribution in [0.1, 0.15) is 24.2 Å². The van der Waals surface area contributed by atoms with E-state index in [1.54, 1.807) is 32.0 Å². The SMILES string of the molecule is CC(C)C(=O)n1nc(-c2ccco2)nc1NCc1c(F)cccc1Cl. The van der Waals surface area contributed by atoms with E-state index in [2.05, 4.69) is 15.4 Å². The molecule has 0 aliphatic carbocycles. The van der Waals surface area contributed by atoms with E-state index in [9.17, 15) is 9.18 Å². The first kappa shape index (κ1) is 17.2. The molecule has 0 aliphatic rings. The number of benzene rings is 1. The van der Waals surface area contributed by atoms with Crippen LogP contribution in [0.4, 0.5) is 10.3 Å². The Labute approximate surface area is 148 Å². The number of aromatic nitrogens is 3. The number of carbonyl (C=O) groups excluding carboxylic acids is 1. The number of nitrogens with zero attached hydrogens (tertiary/aromatic N) is 3. The van der Waals surface area contributed by atoms with Crippen molar-refractivity contribution in [1.29, 1.82) is 0 Å². The molecule has 0 unspecified atom stereocenters. The zero-order chi connectivity index (χ0) is 18.0. The summed E-state index contributed by atoms with van der Waals surface area (Å²) in [6.45, 7) is 3.58. The van der Waals surface area contributed by atoms with Gasteiger partial charge in [-0.1, -0.05) is 31.5 Å². The molecule has 0 amide bonds. The van der Waals surface area contributed by atoms with Crippen LogP contribution >= 0.6 is 11.6 Å². The minimum absolute atomic E-state index is 0.0627. The zero-order valence-corrected chi connectivity index (χ0v) is 14.4. The van der Waals surface area contributed by atoms with E-state index in [0.29, 0.717) is 10.8 Å². The number of halogens is 2. The number of anilines is 1. The molecule has 0 radical (unpaired) electrons. The van der Waals surface area contributed by atoms with Crippen LogP contribution in [0.25, 0.3) is 11.6 Å². The Morgan fingerprint density at radius 3 is 2.80 bits per heavy atom. The molecule has 6 nitrogen and oxygen atoms in total. The summed E-state index contributed by atoms with van der Waals surface area (Å²) in [7, 11) is 0. The minimum Gasteiger partial charge on any atom is -0.461 e. The quantitative estimate of drug-likeness (QED) is 0.735. The number of hydrogen-bond donors (Lipinski definition) is 1. The van der Waals surface area contributed by atoms with E-state index < -0.39 is 5.82 Å². The first-order valence-electron chi connectivity index (χ1n) is 7.69. The predicted octanol–water partition coefficient (Wildman–Crippen LogP) is 4.24. The van der Waals surface area contributed by atoms with Crippen LogP contribution in [0.3, 0.4) is 0 Å². The van der Waals surface area contributed by atoms with Crippen LogP contribution < -0.4 is 5.32 Å². The summed E-state index contributed by atoms with van der Waals surface area (Å²) in [5.74, 6) is -0.0727. The maximum absolute atomic E-state index is 13.9. The van der Waals surface area contributed by atoms with Gasteiger partial charge >= 0.3 is 0 Å². The lowest BCUT2D eigenvalue weighted by Gasteiger charge is -2.10. The lowest BCUT2D eigenvalue weighted by molar-refractivity contribution is 0.0841. The number of hydrogen-bond acceptors (Lipinski definition) is 5. The van der Waals surface area contributed by atoms with Gasteiger partial charge in [-0.2, -0.15) is 9.67 Å². The van der Waals surface area contributed by atoms with Crippen molar-refractivity contribution in [3.05, 3.63) is 53.0 Å². The Morgan fingerprint density at radius 2 is 2.16 bits per heavy atom. The third-order valence-electron chi connectivity index (χ3n) is 3.54. The van der Waals surface area contributed by atoms with Crippen molar-refractivity contribution >= 4 is 23.5 Å². The van der Waals surface area contributed by atoms with Crippen LogP contribution in [0.5, 0.6) is 0 Å². The van der Waals surface area contributed by atoms with Crippen molar-refractivity contribution in [1.82, 2.24) is 14.8 Å². The molecule has 0 aliphatic heterocycles. The molecule has 0 saturated heterocycles. The van der Waals surface area contributed by atoms with Gasteiger partial charge in [0.2, 0.25) is 11.8 Å². The summed E-state index contributed by atoms with van der Waals surface area (Å²) in [5.41, 5.74) is 0.287. The molecular weight excluding hydrogens is 347 g/mol. The van der Waals surface area contributed by atoms with Gasteiger partial charge in [0, 0.05) is 23.0 Å². The lowest BCUT2D eigenvalue weighted by atomic mass is 10.2. The molecule has 3 rings (SSSR count). The third kappa shape index (κ3) is 3.56. The molecule has 0 spiro atoms. The van der Waals surface area contributed by atoms with Gasteiger partial charge in [-0.05, 0) is 24.3 Å². The highest BCUT2D eigenvalue weighted by atomic mass is 35.5. The molecule has 8 heteroatoms. The molecule has 25 heavy (non-hydrogen) atoms. The van der Waals surface area contributed by atoms with Crippen LogP contribution in [-0.4, -0.2) is 20.7 Å². The van der Waals surface area contributed by atoms with Crippen molar-refractivity contribution in [2.45, 2.75) is 20.4 Å². The standard InChI is InChI=1S/C17H16ClFN4O2/c1-10(2)16(24)23-17(21-15(22-23)14-7-4-8-25-14)20-9-11-12(18)5-3-6-13(11)19/h3-8,10H,9H2,1-2H3,(H,20,21,22). The average molecular weight is 363 g/mol. The maximum atomic E-state index is 13.9. The normalized spacial score (nSPS) is 11.1. The molecule has 1 N–H and O–H groups in total. The third-order valence-corrected chi connectivity index (χ3v) is 3.89. The monoisotopic (exact) mass is 362 g/mol. The first-order valence-corrected chi connectivity index (χ1v) is 8.07. The molecular formula is C17H16ClFN4O2. The Morgan fingerprint density at radius 1 is 1.36 bits per heavy atom. The molecule has 130 valence electrons. The highest BCUT2D eigenvalue weighted by molar-refractivity contribution is 6.31. The van der Waals surface area contributed by atoms with Crippen molar-refractivity contribution in [2.24, 2.45) is 5.92 Å². The Hall–Kier alpha value is -2.67. The molecule has 3 aromatic rings. The lowest BCUT2D eigenvalue weighted by Crippen LogP contribution is -2.21. The fourth-order valence-electron chi connectivity index (χ4n) is 2.20. The van der Waals surface area contributed by atoms with Crippen molar-refractivity contribution in [3.8, 4) is 11.6 Å². The summed E-state index contributed by atoms with van der Waals surface area (Å²) in [4.78, 5) is 16.7. The second kappa shape index (κ2) is 7.06. The predicted molar refractivity (Wildman–Crippen MR) is 91.9 cm³/mol. The van der Waals surface area contributed by atoms with Gasteiger partial charge in [-0.15, -0.1) is 5.10 Å². The summed E-state index contributed by atoms with van der Waals surface area (Å²) in [6.07, 6.45) is 1.49. The molecule has 2 aromatic heterocycles. The zero-order valence-electron chi connectivity index (χ0n) is 13.7. The fraction of sp³-hybridized carbons (Fsp3) is 0.235. The highest BCUT2D eigenvalue weighted by Crippen LogP contribution is 2.22. The molecule has 0 atom stereocenters. The maximum Gasteiger partial charge on any atom is 0.252 e. The van der Waals surface area contributed by atoms with Crippen LogP contribution in [0.2, 0.25) is 5.02 Å². The largest absolute Gasteiger partial charge is 0.461 e. The molecule has 1 aromatic carbocycles. The number of furan rings is 1. The summed E-state index contributed by atoms with van der Waals surface area (Å²) >= 11 is 6.03. The summed E-state index contributed by atoms with van der Waals surface area (Å²) in [6, 6.07) is 7.84. The van der Waals surface area contributed by atoms with E-state index >= 15 is 0 Å². The van der Waals surface area contributed by atoms with Crippen LogP contribution in [-0.2, 0) is 6.54 Å². The van der Waals surface area contributed by atoms with Gasteiger partial charge in [0.25, 0.3) is 5.91 Å². The van der Waals surface area contributed by atoms with Crippen LogP contribution in [0.15, 0.2) is 41.0 Å². The topological polar surface area (TPSA) is 73.0 Å². The first-order chi connectivity index (χ1) is 12.0. The molecule has 0 bridgehead atoms. The second-order valence-corrected chi connectivity index (χ2v) is 6.10. The summed E-state index contributed by atoms with van der Waals surface area (Å²) < 4.78 is 20.4. The van der Waals surface area contributed by atoms with Gasteiger partial charge in [0.05, 0.1) is 6.26 Å². The number of carbonyl (C=O) groups is 1. The highest BCUT2D eigenvalue weighted by Gasteiger charge is 2.21. The van der Waals surface area contributed by atoms with Gasteiger partial charge in [0.1, 0.15) is 5.82 Å². The Bertz CT molecular complexity index is 870. The van der Waals surface area contributed by atoms with Crippen molar-refractivity contribution < 1.29 is 13.6 Å². The van der Waals surface area contributed by atoms with Gasteiger partial charge in [-0.25, -0.2) is 4.39 Å². The van der Waals surface area contributed by atoms with Crippen molar-refractivity contribution in [3.63, 3.8) is 0 Å². The van der Waals surface area contributed by atoms with E-state index in [0.717, 1.165) is 4.68 Å². The minimum atomic E-state index is -0.437. The summed E-state index contributed by atoms with van der Waals surface area (Å²) in [5, 5.41) is 7.43. The van der Waals surface area contributed by atoms with E-state index in [1.165, 1.54) is 18.4 Å². The second-order valence-electron chi connectivity index (χ2n) is 5.69. The van der Waals surface area contributed by atoms with Gasteiger partial charge < -0.3 is 9.73 Å². The van der Waals surface area contributed by atoms with E-state index in [4.69, 9.17) is 16.0 Å². The number of nitrogens with one attached hydrogen (secondary N) is 1. The van der Waals surface area contributed by atoms with Gasteiger partial charge in [-0.3, -0.25) is 4.79 Å². The molecule has 0 saturated carbocycles. The molecule has 2 heterocycles. The average Bonchev–Trinajstić information content (AvgIpc) is 3.23. The Kier molecular flexibility index (Phi) is 4.85. The van der Waals surface area contributed by atoms with Gasteiger partial charge in [0.15, 0.2) is 5.76 Å². The smallest absolute Gasteiger partial charge is 0.252 e. The van der Waals surface area contributed by atoms with E-state index in [-0.39, 0.29) is 35.7 Å². The number of rotatable bonds is 5. The van der Waals surface area contributed by atoms with E-state index in [1.807, 2.05) is 0 Å². The van der Waals surface area contributed by atoms with Crippen LogP contribution in [0, 0.1) is 11.7 Å². The molecule has 0 fully saturated rings. The fourth-order valence-corrected chi connectivity index (χ4v) is 2.43. The Balaban J connectivity index is 1.92.